The Labute approximate surface area is 115 Å². The molecule has 0 saturated heterocycles. The van der Waals surface area contributed by atoms with Crippen LogP contribution in [0.25, 0.3) is 0 Å². The summed E-state index contributed by atoms with van der Waals surface area (Å²) in [6.07, 6.45) is 0. The third-order valence-electron chi connectivity index (χ3n) is 2.76. The monoisotopic (exact) mass is 271 g/mol. The van der Waals surface area contributed by atoms with E-state index in [1.165, 1.54) is 6.07 Å². The first-order chi connectivity index (χ1) is 9.58. The number of carbonyl (C=O) groups excluding carboxylic acids is 1. The molecule has 2 aromatic rings. The molecule has 0 bridgehead atoms. The number of hydrogen-bond acceptors (Lipinski definition) is 4. The molecule has 0 unspecified atom stereocenters. The van der Waals surface area contributed by atoms with Crippen LogP contribution in [0.3, 0.4) is 0 Å². The second-order valence-corrected chi connectivity index (χ2v) is 4.20. The van der Waals surface area contributed by atoms with Crippen molar-refractivity contribution in [3.8, 4) is 0 Å². The fraction of sp³-hybridized carbons (Fsp3) is 0.0714. The molecule has 0 fully saturated rings. The van der Waals surface area contributed by atoms with Gasteiger partial charge in [-0.25, -0.2) is 0 Å². The molecule has 0 saturated carbocycles. The number of nitrogens with one attached hydrogen (secondary N) is 2. The minimum Gasteiger partial charge on any atom is -0.298 e. The molecule has 102 valence electrons. The average Bonchev–Trinajstić information content (AvgIpc) is 2.46. The number of anilines is 1. The van der Waals surface area contributed by atoms with E-state index in [1.807, 2.05) is 18.2 Å². The zero-order valence-electron chi connectivity index (χ0n) is 10.8. The molecule has 0 aromatic heterocycles. The summed E-state index contributed by atoms with van der Waals surface area (Å²) in [5.74, 6) is -0.433. The van der Waals surface area contributed by atoms with Crippen LogP contribution in [-0.2, 0) is 0 Å². The quantitative estimate of drug-likeness (QED) is 0.661. The van der Waals surface area contributed by atoms with Gasteiger partial charge in [0.2, 0.25) is 0 Å². The Morgan fingerprint density at radius 2 is 1.85 bits per heavy atom. The van der Waals surface area contributed by atoms with Crippen molar-refractivity contribution in [3.63, 3.8) is 0 Å². The Hall–Kier alpha value is -2.89. The van der Waals surface area contributed by atoms with Crippen LogP contribution in [0, 0.1) is 17.0 Å². The lowest BCUT2D eigenvalue weighted by atomic mass is 10.1. The van der Waals surface area contributed by atoms with Crippen molar-refractivity contribution in [2.45, 2.75) is 6.92 Å². The summed E-state index contributed by atoms with van der Waals surface area (Å²) < 4.78 is 0. The Kier molecular flexibility index (Phi) is 3.95. The van der Waals surface area contributed by atoms with Crippen LogP contribution in [0.5, 0.6) is 0 Å². The van der Waals surface area contributed by atoms with Gasteiger partial charge in [-0.15, -0.1) is 0 Å². The van der Waals surface area contributed by atoms with Gasteiger partial charge in [-0.3, -0.25) is 25.8 Å². The Morgan fingerprint density at radius 3 is 2.50 bits per heavy atom. The van der Waals surface area contributed by atoms with Gasteiger partial charge in [0, 0.05) is 17.2 Å². The van der Waals surface area contributed by atoms with Crippen LogP contribution in [-0.4, -0.2) is 10.8 Å². The lowest BCUT2D eigenvalue weighted by Gasteiger charge is -2.08. The number of hydrazine groups is 1. The van der Waals surface area contributed by atoms with Crippen molar-refractivity contribution >= 4 is 17.3 Å². The number of nitro benzene ring substituents is 1. The zero-order chi connectivity index (χ0) is 14.5. The van der Waals surface area contributed by atoms with Gasteiger partial charge in [-0.2, -0.15) is 0 Å². The van der Waals surface area contributed by atoms with Gasteiger partial charge in [0.1, 0.15) is 0 Å². The molecule has 0 heterocycles. The van der Waals surface area contributed by atoms with E-state index in [9.17, 15) is 14.9 Å². The zero-order valence-corrected chi connectivity index (χ0v) is 10.8. The highest BCUT2D eigenvalue weighted by Crippen LogP contribution is 2.19. The molecule has 0 atom stereocenters. The predicted molar refractivity (Wildman–Crippen MR) is 75.4 cm³/mol. The molecule has 0 aliphatic rings. The molecule has 6 nitrogen and oxygen atoms in total. The number of hydrogen-bond donors (Lipinski definition) is 2. The summed E-state index contributed by atoms with van der Waals surface area (Å²) >= 11 is 0. The summed E-state index contributed by atoms with van der Waals surface area (Å²) in [6.45, 7) is 1.63. The molecule has 0 aliphatic carbocycles. The SMILES string of the molecule is Cc1ccc(C(=O)NNc2ccccc2)cc1[N+](=O)[O-]. The van der Waals surface area contributed by atoms with Crippen molar-refractivity contribution in [1.82, 2.24) is 5.43 Å². The van der Waals surface area contributed by atoms with Crippen molar-refractivity contribution < 1.29 is 9.72 Å². The van der Waals surface area contributed by atoms with Crippen LogP contribution in [0.15, 0.2) is 48.5 Å². The number of carbonyl (C=O) groups is 1. The van der Waals surface area contributed by atoms with E-state index >= 15 is 0 Å². The topological polar surface area (TPSA) is 84.3 Å². The molecule has 2 N–H and O–H groups in total. The van der Waals surface area contributed by atoms with E-state index in [0.29, 0.717) is 5.56 Å². The third kappa shape index (κ3) is 3.11. The molecule has 2 aromatic carbocycles. The van der Waals surface area contributed by atoms with Gasteiger partial charge < -0.3 is 0 Å². The summed E-state index contributed by atoms with van der Waals surface area (Å²) in [5.41, 5.74) is 6.62. The molecular formula is C14H13N3O3. The number of amides is 1. The van der Waals surface area contributed by atoms with Gasteiger partial charge in [0.25, 0.3) is 11.6 Å². The Morgan fingerprint density at radius 1 is 1.15 bits per heavy atom. The maximum absolute atomic E-state index is 11.9. The molecule has 2 rings (SSSR count). The number of benzene rings is 2. The lowest BCUT2D eigenvalue weighted by molar-refractivity contribution is -0.385. The van der Waals surface area contributed by atoms with Crippen LogP contribution >= 0.6 is 0 Å². The number of aryl methyl sites for hydroxylation is 1. The summed E-state index contributed by atoms with van der Waals surface area (Å²) in [5, 5.41) is 10.8. The van der Waals surface area contributed by atoms with E-state index in [2.05, 4.69) is 10.9 Å². The van der Waals surface area contributed by atoms with Gasteiger partial charge in [-0.05, 0) is 25.1 Å². The van der Waals surface area contributed by atoms with Crippen LogP contribution in [0.2, 0.25) is 0 Å². The fourth-order valence-electron chi connectivity index (χ4n) is 1.67. The maximum atomic E-state index is 11.9. The highest BCUT2D eigenvalue weighted by atomic mass is 16.6. The highest BCUT2D eigenvalue weighted by molar-refractivity contribution is 5.95. The molecule has 0 aliphatic heterocycles. The van der Waals surface area contributed by atoms with Crippen molar-refractivity contribution in [1.29, 1.82) is 0 Å². The van der Waals surface area contributed by atoms with Gasteiger partial charge in [0.05, 0.1) is 10.6 Å². The number of nitrogens with zero attached hydrogens (tertiary/aromatic N) is 1. The Bertz CT molecular complexity index is 641. The minimum absolute atomic E-state index is 0.0719. The van der Waals surface area contributed by atoms with Crippen LogP contribution < -0.4 is 10.9 Å². The van der Waals surface area contributed by atoms with E-state index in [-0.39, 0.29) is 11.3 Å². The van der Waals surface area contributed by atoms with E-state index in [0.717, 1.165) is 5.69 Å². The molecular weight excluding hydrogens is 258 g/mol. The van der Waals surface area contributed by atoms with Crippen molar-refractivity contribution in [2.24, 2.45) is 0 Å². The average molecular weight is 271 g/mol. The Balaban J connectivity index is 2.10. The minimum atomic E-state index is -0.503. The second-order valence-electron chi connectivity index (χ2n) is 4.20. The smallest absolute Gasteiger partial charge is 0.273 e. The van der Waals surface area contributed by atoms with Crippen LogP contribution in [0.4, 0.5) is 11.4 Å². The molecule has 1 amide bonds. The first kappa shape index (κ1) is 13.5. The molecule has 0 radical (unpaired) electrons. The summed E-state index contributed by atoms with van der Waals surface area (Å²) in [4.78, 5) is 22.2. The summed E-state index contributed by atoms with van der Waals surface area (Å²) in [7, 11) is 0. The van der Waals surface area contributed by atoms with Crippen LogP contribution in [0.1, 0.15) is 15.9 Å². The number of nitro groups is 1. The van der Waals surface area contributed by atoms with Gasteiger partial charge >= 0.3 is 0 Å². The molecule has 6 heteroatoms. The van der Waals surface area contributed by atoms with Crippen molar-refractivity contribution in [2.75, 3.05) is 5.43 Å². The number of rotatable bonds is 4. The van der Waals surface area contributed by atoms with E-state index in [1.54, 1.807) is 31.2 Å². The van der Waals surface area contributed by atoms with E-state index in [4.69, 9.17) is 0 Å². The highest BCUT2D eigenvalue weighted by Gasteiger charge is 2.14. The first-order valence-electron chi connectivity index (χ1n) is 5.94. The fourth-order valence-corrected chi connectivity index (χ4v) is 1.67. The predicted octanol–water partition coefficient (Wildman–Crippen LogP) is 2.66. The lowest BCUT2D eigenvalue weighted by Crippen LogP contribution is -2.29. The van der Waals surface area contributed by atoms with Gasteiger partial charge in [0.15, 0.2) is 0 Å². The standard InChI is InChI=1S/C14H13N3O3/c1-10-7-8-11(9-13(10)17(19)20)14(18)16-15-12-5-3-2-4-6-12/h2-9,15H,1H3,(H,16,18). The number of para-hydroxylation sites is 1. The molecule has 0 spiro atoms. The second kappa shape index (κ2) is 5.83. The molecule has 20 heavy (non-hydrogen) atoms. The normalized spacial score (nSPS) is 9.85. The maximum Gasteiger partial charge on any atom is 0.273 e. The largest absolute Gasteiger partial charge is 0.298 e. The summed E-state index contributed by atoms with van der Waals surface area (Å²) in [6, 6.07) is 13.4. The van der Waals surface area contributed by atoms with Gasteiger partial charge in [-0.1, -0.05) is 24.3 Å². The van der Waals surface area contributed by atoms with Crippen molar-refractivity contribution in [3.05, 3.63) is 69.8 Å². The third-order valence-corrected chi connectivity index (χ3v) is 2.76. The first-order valence-corrected chi connectivity index (χ1v) is 5.94. The van der Waals surface area contributed by atoms with E-state index < -0.39 is 10.8 Å².